The number of fused-ring (bicyclic) bond motifs is 3. The fourth-order valence-corrected chi connectivity index (χ4v) is 3.10. The number of hydrogen-bond donors (Lipinski definition) is 0. The number of nitrogens with zero attached hydrogens (tertiary/aromatic N) is 3. The van der Waals surface area contributed by atoms with Gasteiger partial charge in [-0.1, -0.05) is 30.3 Å². The average Bonchev–Trinajstić information content (AvgIpc) is 2.84. The first-order chi connectivity index (χ1) is 10.3. The summed E-state index contributed by atoms with van der Waals surface area (Å²) in [6.07, 6.45) is 2.68. The molecule has 0 bridgehead atoms. The van der Waals surface area contributed by atoms with Gasteiger partial charge in [0.2, 0.25) is 0 Å². The predicted molar refractivity (Wildman–Crippen MR) is 79.2 cm³/mol. The van der Waals surface area contributed by atoms with Crippen molar-refractivity contribution in [1.82, 2.24) is 14.5 Å². The normalized spacial score (nSPS) is 12.5. The second-order valence-corrected chi connectivity index (χ2v) is 5.39. The minimum atomic E-state index is -0.439. The first kappa shape index (κ1) is 12.5. The Morgan fingerprint density at radius 1 is 1.19 bits per heavy atom. The van der Waals surface area contributed by atoms with Crippen molar-refractivity contribution in [3.05, 3.63) is 53.1 Å². The van der Waals surface area contributed by atoms with Gasteiger partial charge in [0, 0.05) is 5.56 Å². The van der Waals surface area contributed by atoms with Crippen LogP contribution in [0.5, 0.6) is 5.75 Å². The van der Waals surface area contributed by atoms with Gasteiger partial charge >= 0.3 is 0 Å². The number of aromatic nitrogens is 3. The van der Waals surface area contributed by atoms with Gasteiger partial charge in [-0.15, -0.1) is 0 Å². The second-order valence-electron chi connectivity index (χ2n) is 4.64. The third-order valence-corrected chi connectivity index (χ3v) is 3.96. The molecule has 1 aliphatic heterocycles. The van der Waals surface area contributed by atoms with E-state index in [1.54, 1.807) is 0 Å². The molecule has 0 atom stereocenters. The smallest absolute Gasteiger partial charge is 0.167 e. The highest BCUT2D eigenvalue weighted by molar-refractivity contribution is 9.10. The topological polar surface area (TPSA) is 39.9 Å². The molecule has 0 unspecified atom stereocenters. The molecule has 0 spiro atoms. The summed E-state index contributed by atoms with van der Waals surface area (Å²) in [5, 5.41) is 0. The molecule has 0 saturated heterocycles. The predicted octanol–water partition coefficient (Wildman–Crippen LogP) is 3.86. The maximum Gasteiger partial charge on any atom is 0.167 e. The van der Waals surface area contributed by atoms with Crippen LogP contribution >= 0.6 is 15.9 Å². The zero-order chi connectivity index (χ0) is 14.4. The van der Waals surface area contributed by atoms with E-state index in [1.807, 2.05) is 34.9 Å². The van der Waals surface area contributed by atoms with Crippen molar-refractivity contribution in [2.45, 2.75) is 6.73 Å². The minimum absolute atomic E-state index is 0.274. The first-order valence-electron chi connectivity index (χ1n) is 6.34. The number of imidazole rings is 1. The van der Waals surface area contributed by atoms with Crippen LogP contribution in [0, 0.1) is 5.82 Å². The largest absolute Gasteiger partial charge is 0.470 e. The molecule has 1 aromatic carbocycles. The molecule has 4 nitrogen and oxygen atoms in total. The van der Waals surface area contributed by atoms with Crippen molar-refractivity contribution in [2.24, 2.45) is 0 Å². The molecule has 1 aliphatic rings. The number of halogens is 2. The van der Waals surface area contributed by atoms with E-state index < -0.39 is 5.82 Å². The lowest BCUT2D eigenvalue weighted by Crippen LogP contribution is -2.15. The zero-order valence-electron chi connectivity index (χ0n) is 10.8. The number of pyridine rings is 1. The monoisotopic (exact) mass is 345 g/mol. The maximum absolute atomic E-state index is 14.1. The van der Waals surface area contributed by atoms with Crippen LogP contribution in [0.2, 0.25) is 0 Å². The lowest BCUT2D eigenvalue weighted by atomic mass is 10.1. The van der Waals surface area contributed by atoms with Gasteiger partial charge in [0.25, 0.3) is 0 Å². The van der Waals surface area contributed by atoms with Crippen molar-refractivity contribution >= 4 is 15.9 Å². The molecule has 0 amide bonds. The van der Waals surface area contributed by atoms with Crippen LogP contribution in [0.3, 0.4) is 0 Å². The highest BCUT2D eigenvalue weighted by Gasteiger charge is 2.27. The van der Waals surface area contributed by atoms with Gasteiger partial charge in [0.15, 0.2) is 24.1 Å². The Morgan fingerprint density at radius 3 is 2.81 bits per heavy atom. The van der Waals surface area contributed by atoms with Crippen LogP contribution in [0.15, 0.2) is 47.3 Å². The number of rotatable bonds is 1. The highest BCUT2D eigenvalue weighted by atomic mass is 79.9. The van der Waals surface area contributed by atoms with Crippen molar-refractivity contribution in [2.75, 3.05) is 0 Å². The molecule has 3 aromatic rings. The molecule has 104 valence electrons. The molecular formula is C15H9BrFN3O. The van der Waals surface area contributed by atoms with Gasteiger partial charge in [-0.3, -0.25) is 9.55 Å². The third-order valence-electron chi connectivity index (χ3n) is 3.41. The summed E-state index contributed by atoms with van der Waals surface area (Å²) in [5.41, 5.74) is 2.20. The summed E-state index contributed by atoms with van der Waals surface area (Å²) in [6.45, 7) is 0.274. The summed E-state index contributed by atoms with van der Waals surface area (Å²) in [6, 6.07) is 9.80. The SMILES string of the molecule is Fc1cncc2c1-c1nc(Br)c(-c3ccccc3)n1CO2. The quantitative estimate of drug-likeness (QED) is 0.672. The van der Waals surface area contributed by atoms with E-state index in [0.29, 0.717) is 21.7 Å². The van der Waals surface area contributed by atoms with E-state index in [1.165, 1.54) is 12.4 Å². The lowest BCUT2D eigenvalue weighted by molar-refractivity contribution is 0.229. The van der Waals surface area contributed by atoms with Crippen LogP contribution in [0.25, 0.3) is 22.6 Å². The highest BCUT2D eigenvalue weighted by Crippen LogP contribution is 2.40. The Balaban J connectivity index is 1.99. The van der Waals surface area contributed by atoms with Gasteiger partial charge in [0.1, 0.15) is 4.60 Å². The molecule has 4 rings (SSSR count). The van der Waals surface area contributed by atoms with E-state index in [0.717, 1.165) is 11.3 Å². The Labute approximate surface area is 128 Å². The Morgan fingerprint density at radius 2 is 2.00 bits per heavy atom. The molecule has 0 aliphatic carbocycles. The van der Waals surface area contributed by atoms with Crippen LogP contribution in [0.1, 0.15) is 0 Å². The molecule has 21 heavy (non-hydrogen) atoms. The van der Waals surface area contributed by atoms with Gasteiger partial charge in [-0.05, 0) is 15.9 Å². The molecule has 0 saturated carbocycles. The zero-order valence-corrected chi connectivity index (χ0v) is 12.3. The average molecular weight is 346 g/mol. The Bertz CT molecular complexity index is 832. The molecule has 3 heterocycles. The summed E-state index contributed by atoms with van der Waals surface area (Å²) >= 11 is 3.46. The first-order valence-corrected chi connectivity index (χ1v) is 7.13. The standard InChI is InChI=1S/C15H9BrFN3O/c16-14-13(9-4-2-1-3-5-9)20-8-21-11-7-18-6-10(17)12(11)15(20)19-14/h1-7H,8H2. The van der Waals surface area contributed by atoms with Crippen molar-refractivity contribution < 1.29 is 9.13 Å². The van der Waals surface area contributed by atoms with E-state index in [-0.39, 0.29) is 6.73 Å². The Kier molecular flexibility index (Phi) is 2.78. The van der Waals surface area contributed by atoms with Crippen LogP contribution in [-0.4, -0.2) is 14.5 Å². The molecular weight excluding hydrogens is 337 g/mol. The summed E-state index contributed by atoms with van der Waals surface area (Å²) in [5.74, 6) is 0.520. The van der Waals surface area contributed by atoms with Gasteiger partial charge in [-0.25, -0.2) is 9.37 Å². The fourth-order valence-electron chi connectivity index (χ4n) is 2.49. The van der Waals surface area contributed by atoms with Crippen LogP contribution in [-0.2, 0) is 6.73 Å². The van der Waals surface area contributed by atoms with Crippen molar-refractivity contribution in [1.29, 1.82) is 0 Å². The van der Waals surface area contributed by atoms with Crippen molar-refractivity contribution in [3.63, 3.8) is 0 Å². The third kappa shape index (κ3) is 1.86. The molecule has 0 N–H and O–H groups in total. The van der Waals surface area contributed by atoms with E-state index >= 15 is 0 Å². The van der Waals surface area contributed by atoms with Crippen molar-refractivity contribution in [3.8, 4) is 28.4 Å². The van der Waals surface area contributed by atoms with E-state index in [4.69, 9.17) is 4.74 Å². The van der Waals surface area contributed by atoms with Gasteiger partial charge in [0.05, 0.1) is 23.7 Å². The second kappa shape index (κ2) is 4.66. The summed E-state index contributed by atoms with van der Waals surface area (Å²) in [4.78, 5) is 8.27. The minimum Gasteiger partial charge on any atom is -0.470 e. The number of hydrogen-bond acceptors (Lipinski definition) is 3. The molecule has 2 aromatic heterocycles. The lowest BCUT2D eigenvalue weighted by Gasteiger charge is -2.20. The molecule has 0 fully saturated rings. The van der Waals surface area contributed by atoms with Gasteiger partial charge in [-0.2, -0.15) is 0 Å². The maximum atomic E-state index is 14.1. The fraction of sp³-hybridized carbons (Fsp3) is 0.0667. The van der Waals surface area contributed by atoms with Crippen LogP contribution < -0.4 is 4.74 Å². The molecule has 0 radical (unpaired) electrons. The Hall–Kier alpha value is -2.21. The summed E-state index contributed by atoms with van der Waals surface area (Å²) < 4.78 is 22.2. The summed E-state index contributed by atoms with van der Waals surface area (Å²) in [7, 11) is 0. The van der Waals surface area contributed by atoms with Gasteiger partial charge < -0.3 is 4.74 Å². The number of benzene rings is 1. The number of ether oxygens (including phenoxy) is 1. The van der Waals surface area contributed by atoms with E-state index in [2.05, 4.69) is 25.9 Å². The van der Waals surface area contributed by atoms with E-state index in [9.17, 15) is 4.39 Å². The van der Waals surface area contributed by atoms with Crippen LogP contribution in [0.4, 0.5) is 4.39 Å². The molecule has 6 heteroatoms.